The summed E-state index contributed by atoms with van der Waals surface area (Å²) in [5.74, 6) is -0.513. The van der Waals surface area contributed by atoms with Gasteiger partial charge >= 0.3 is 0 Å². The van der Waals surface area contributed by atoms with Crippen LogP contribution < -0.4 is 5.32 Å². The van der Waals surface area contributed by atoms with Crippen LogP contribution in [0.5, 0.6) is 0 Å². The highest BCUT2D eigenvalue weighted by Crippen LogP contribution is 2.33. The minimum atomic E-state index is -0.297. The fourth-order valence-electron chi connectivity index (χ4n) is 3.11. The van der Waals surface area contributed by atoms with Crippen LogP contribution in [0.2, 0.25) is 0 Å². The Kier molecular flexibility index (Phi) is 5.00. The number of hydrogen-bond acceptors (Lipinski definition) is 3. The molecule has 0 fully saturated rings. The molecule has 27 heavy (non-hydrogen) atoms. The third-order valence-electron chi connectivity index (χ3n) is 4.53. The van der Waals surface area contributed by atoms with E-state index < -0.39 is 0 Å². The Bertz CT molecular complexity index is 954. The van der Waals surface area contributed by atoms with Gasteiger partial charge in [-0.15, -0.1) is 0 Å². The minimum absolute atomic E-state index is 0.193. The Morgan fingerprint density at radius 2 is 1.81 bits per heavy atom. The molecule has 2 heterocycles. The van der Waals surface area contributed by atoms with Crippen molar-refractivity contribution in [1.29, 1.82) is 0 Å². The molecule has 1 atom stereocenters. The number of aromatic nitrogens is 3. The van der Waals surface area contributed by atoms with Crippen LogP contribution in [0.1, 0.15) is 62.6 Å². The van der Waals surface area contributed by atoms with Gasteiger partial charge in [-0.3, -0.25) is 4.79 Å². The van der Waals surface area contributed by atoms with Gasteiger partial charge < -0.3 is 5.32 Å². The van der Waals surface area contributed by atoms with Crippen molar-refractivity contribution in [3.05, 3.63) is 59.7 Å². The van der Waals surface area contributed by atoms with Crippen LogP contribution in [0.4, 0.5) is 4.39 Å². The first-order chi connectivity index (χ1) is 12.7. The molecule has 0 aliphatic rings. The van der Waals surface area contributed by atoms with E-state index in [1.54, 1.807) is 30.6 Å². The van der Waals surface area contributed by atoms with Gasteiger partial charge in [-0.05, 0) is 43.0 Å². The lowest BCUT2D eigenvalue weighted by Gasteiger charge is -2.32. The second kappa shape index (κ2) is 7.10. The Labute approximate surface area is 158 Å². The van der Waals surface area contributed by atoms with Crippen molar-refractivity contribution >= 4 is 16.9 Å². The summed E-state index contributed by atoms with van der Waals surface area (Å²) in [7, 11) is 0. The Balaban J connectivity index is 1.89. The number of halogens is 1. The summed E-state index contributed by atoms with van der Waals surface area (Å²) in [5, 5.41) is 8.24. The number of rotatable bonds is 4. The molecule has 1 unspecified atom stereocenters. The molecule has 0 saturated carbocycles. The predicted octanol–water partition coefficient (Wildman–Crippen LogP) is 4.67. The van der Waals surface area contributed by atoms with Crippen LogP contribution in [0.3, 0.4) is 0 Å². The van der Waals surface area contributed by atoms with Gasteiger partial charge in [-0.2, -0.15) is 5.10 Å². The van der Waals surface area contributed by atoms with Gasteiger partial charge in [0.15, 0.2) is 5.65 Å². The zero-order chi connectivity index (χ0) is 19.8. The summed E-state index contributed by atoms with van der Waals surface area (Å²) >= 11 is 0. The summed E-state index contributed by atoms with van der Waals surface area (Å²) in [4.78, 5) is 17.3. The van der Waals surface area contributed by atoms with Gasteiger partial charge in [0.05, 0.1) is 17.8 Å². The summed E-state index contributed by atoms with van der Waals surface area (Å²) in [6.45, 7) is 10.2. The Morgan fingerprint density at radius 1 is 1.15 bits per heavy atom. The second-order valence-corrected chi connectivity index (χ2v) is 8.14. The molecule has 2 aromatic heterocycles. The number of carbonyl (C=O) groups excluding carboxylic acids is 1. The van der Waals surface area contributed by atoms with Crippen LogP contribution in [0, 0.1) is 11.2 Å². The zero-order valence-electron chi connectivity index (χ0n) is 16.3. The van der Waals surface area contributed by atoms with Gasteiger partial charge in [-0.25, -0.2) is 14.1 Å². The number of amides is 1. The highest BCUT2D eigenvalue weighted by Gasteiger charge is 2.28. The normalized spacial score (nSPS) is 13.1. The number of fused-ring (bicyclic) bond motifs is 1. The van der Waals surface area contributed by atoms with E-state index in [4.69, 9.17) is 0 Å². The lowest BCUT2D eigenvalue weighted by Crippen LogP contribution is -2.36. The third kappa shape index (κ3) is 3.99. The smallest absolute Gasteiger partial charge is 0.253 e. The van der Waals surface area contributed by atoms with E-state index in [2.05, 4.69) is 15.4 Å². The quantitative estimate of drug-likeness (QED) is 0.728. The molecule has 6 heteroatoms. The van der Waals surface area contributed by atoms with E-state index in [0.717, 1.165) is 16.6 Å². The maximum atomic E-state index is 13.3. The van der Waals surface area contributed by atoms with Crippen molar-refractivity contribution in [3.63, 3.8) is 0 Å². The number of carbonyl (C=O) groups is 1. The first-order valence-electron chi connectivity index (χ1n) is 9.06. The molecule has 1 N–H and O–H groups in total. The van der Waals surface area contributed by atoms with Crippen molar-refractivity contribution in [1.82, 2.24) is 20.1 Å². The van der Waals surface area contributed by atoms with Gasteiger partial charge in [0, 0.05) is 17.6 Å². The standard InChI is InChI=1S/C21H25FN4O/c1-13(2)26-19-15(12-24-26)10-16(11-23-19)20(27)25-18(21(3,4)5)14-6-8-17(22)9-7-14/h6-13,18H,1-5H3,(H,25,27). The van der Waals surface area contributed by atoms with E-state index >= 15 is 0 Å². The number of nitrogens with one attached hydrogen (secondary N) is 1. The Morgan fingerprint density at radius 3 is 2.41 bits per heavy atom. The molecule has 1 amide bonds. The first kappa shape index (κ1) is 19.0. The molecule has 0 spiro atoms. The summed E-state index contributed by atoms with van der Waals surface area (Å²) in [6, 6.07) is 7.97. The maximum Gasteiger partial charge on any atom is 0.253 e. The highest BCUT2D eigenvalue weighted by molar-refractivity contribution is 5.97. The molecule has 142 valence electrons. The minimum Gasteiger partial charge on any atom is -0.345 e. The van der Waals surface area contributed by atoms with Crippen LogP contribution >= 0.6 is 0 Å². The van der Waals surface area contributed by atoms with Crippen LogP contribution in [0.15, 0.2) is 42.7 Å². The van der Waals surface area contributed by atoms with Crippen LogP contribution in [-0.2, 0) is 0 Å². The first-order valence-corrected chi connectivity index (χ1v) is 9.06. The van der Waals surface area contributed by atoms with Gasteiger partial charge in [0.25, 0.3) is 5.91 Å². The van der Waals surface area contributed by atoms with Crippen LogP contribution in [0.25, 0.3) is 11.0 Å². The van der Waals surface area contributed by atoms with Crippen molar-refractivity contribution in [2.75, 3.05) is 0 Å². The van der Waals surface area contributed by atoms with Crippen molar-refractivity contribution in [2.24, 2.45) is 5.41 Å². The fraction of sp³-hybridized carbons (Fsp3) is 0.381. The average Bonchev–Trinajstić information content (AvgIpc) is 3.03. The zero-order valence-corrected chi connectivity index (χ0v) is 16.3. The average molecular weight is 368 g/mol. The summed E-state index contributed by atoms with van der Waals surface area (Å²) < 4.78 is 15.1. The fourth-order valence-corrected chi connectivity index (χ4v) is 3.11. The molecule has 0 aliphatic heterocycles. The number of pyridine rings is 1. The maximum absolute atomic E-state index is 13.3. The molecule has 1 aromatic carbocycles. The lowest BCUT2D eigenvalue weighted by molar-refractivity contribution is 0.0901. The monoisotopic (exact) mass is 368 g/mol. The largest absolute Gasteiger partial charge is 0.345 e. The SMILES string of the molecule is CC(C)n1ncc2cc(C(=O)NC(c3ccc(F)cc3)C(C)(C)C)cnc21. The predicted molar refractivity (Wildman–Crippen MR) is 104 cm³/mol. The second-order valence-electron chi connectivity index (χ2n) is 8.14. The number of nitrogens with zero attached hydrogens (tertiary/aromatic N) is 3. The third-order valence-corrected chi connectivity index (χ3v) is 4.53. The molecular formula is C21H25FN4O. The molecule has 0 saturated heterocycles. The lowest BCUT2D eigenvalue weighted by atomic mass is 9.82. The molecule has 0 bridgehead atoms. The van der Waals surface area contributed by atoms with Crippen molar-refractivity contribution in [3.8, 4) is 0 Å². The van der Waals surface area contributed by atoms with E-state index in [-0.39, 0.29) is 29.2 Å². The number of hydrogen-bond donors (Lipinski definition) is 1. The van der Waals surface area contributed by atoms with E-state index in [9.17, 15) is 9.18 Å². The van der Waals surface area contributed by atoms with E-state index in [0.29, 0.717) is 5.56 Å². The molecule has 3 aromatic rings. The van der Waals surface area contributed by atoms with Gasteiger partial charge in [-0.1, -0.05) is 32.9 Å². The summed E-state index contributed by atoms with van der Waals surface area (Å²) in [5.41, 5.74) is 1.85. The molecule has 3 rings (SSSR count). The molecule has 0 aliphatic carbocycles. The Hall–Kier alpha value is -2.76. The van der Waals surface area contributed by atoms with Crippen LogP contribution in [-0.4, -0.2) is 20.7 Å². The van der Waals surface area contributed by atoms with E-state index in [1.807, 2.05) is 39.3 Å². The topological polar surface area (TPSA) is 59.8 Å². The van der Waals surface area contributed by atoms with E-state index in [1.165, 1.54) is 12.1 Å². The van der Waals surface area contributed by atoms with Gasteiger partial charge in [0.1, 0.15) is 5.82 Å². The number of benzene rings is 1. The summed E-state index contributed by atoms with van der Waals surface area (Å²) in [6.07, 6.45) is 3.29. The van der Waals surface area contributed by atoms with Crippen molar-refractivity contribution in [2.45, 2.75) is 46.7 Å². The van der Waals surface area contributed by atoms with Gasteiger partial charge in [0.2, 0.25) is 0 Å². The van der Waals surface area contributed by atoms with Crippen molar-refractivity contribution < 1.29 is 9.18 Å². The molecule has 0 radical (unpaired) electrons. The highest BCUT2D eigenvalue weighted by atomic mass is 19.1. The molecular weight excluding hydrogens is 343 g/mol. The molecule has 5 nitrogen and oxygen atoms in total.